The fraction of sp³-hybridized carbons (Fsp3) is 0.200. The molecule has 1 rings (SSSR count). The van der Waals surface area contributed by atoms with E-state index in [0.717, 1.165) is 4.90 Å². The highest BCUT2D eigenvalue weighted by Gasteiger charge is 1.98. The summed E-state index contributed by atoms with van der Waals surface area (Å²) in [6.45, 7) is 0. The van der Waals surface area contributed by atoms with Crippen molar-refractivity contribution in [3.63, 3.8) is 0 Å². The van der Waals surface area contributed by atoms with Crippen LogP contribution in [0.5, 0.6) is 0 Å². The summed E-state index contributed by atoms with van der Waals surface area (Å²) in [6.07, 6.45) is 4.38. The van der Waals surface area contributed by atoms with Crippen molar-refractivity contribution < 1.29 is 5.11 Å². The molecule has 0 spiro atoms. The molecule has 0 amide bonds. The lowest BCUT2D eigenvalue weighted by Crippen LogP contribution is -2.05. The predicted octanol–water partition coefficient (Wildman–Crippen LogP) is 1.77. The first-order valence-corrected chi connectivity index (χ1v) is 4.63. The second-order valence-electron chi connectivity index (χ2n) is 2.31. The van der Waals surface area contributed by atoms with E-state index in [1.807, 2.05) is 30.3 Å². The van der Waals surface area contributed by atoms with Gasteiger partial charge in [0.15, 0.2) is 0 Å². The Balaban J connectivity index is 2.40. The molecule has 0 unspecified atom stereocenters. The van der Waals surface area contributed by atoms with Gasteiger partial charge in [0.25, 0.3) is 0 Å². The van der Waals surface area contributed by atoms with Crippen LogP contribution >= 0.6 is 11.8 Å². The molecule has 0 radical (unpaired) electrons. The zero-order valence-corrected chi connectivity index (χ0v) is 7.42. The van der Waals surface area contributed by atoms with Gasteiger partial charge in [0.1, 0.15) is 6.10 Å². The zero-order chi connectivity index (χ0) is 8.81. The minimum Gasteiger partial charge on any atom is -0.380 e. The molecule has 0 saturated carbocycles. The van der Waals surface area contributed by atoms with Crippen molar-refractivity contribution in [2.75, 3.05) is 5.75 Å². The molecule has 1 N–H and O–H groups in total. The molecule has 1 aromatic rings. The van der Waals surface area contributed by atoms with Gasteiger partial charge in [0, 0.05) is 10.6 Å². The second-order valence-corrected chi connectivity index (χ2v) is 3.40. The molecule has 0 aromatic heterocycles. The molecule has 0 aliphatic rings. The Morgan fingerprint density at radius 1 is 1.42 bits per heavy atom. The summed E-state index contributed by atoms with van der Waals surface area (Å²) in [6, 6.07) is 9.87. The van der Waals surface area contributed by atoms with Crippen molar-refractivity contribution in [1.29, 1.82) is 0 Å². The van der Waals surface area contributed by atoms with Crippen LogP contribution in [0.3, 0.4) is 0 Å². The Kier molecular flexibility index (Phi) is 3.72. The van der Waals surface area contributed by atoms with E-state index >= 15 is 0 Å². The third-order valence-corrected chi connectivity index (χ3v) is 2.43. The molecule has 0 bridgehead atoms. The number of rotatable bonds is 3. The van der Waals surface area contributed by atoms with Gasteiger partial charge in [-0.1, -0.05) is 24.1 Å². The van der Waals surface area contributed by atoms with Gasteiger partial charge in [-0.3, -0.25) is 0 Å². The second kappa shape index (κ2) is 4.87. The van der Waals surface area contributed by atoms with Gasteiger partial charge in [-0.15, -0.1) is 18.2 Å². The van der Waals surface area contributed by atoms with Crippen LogP contribution in [-0.2, 0) is 0 Å². The van der Waals surface area contributed by atoms with Crippen LogP contribution < -0.4 is 0 Å². The average molecular weight is 178 g/mol. The summed E-state index contributed by atoms with van der Waals surface area (Å²) in [5, 5.41) is 9.06. The quantitative estimate of drug-likeness (QED) is 0.562. The van der Waals surface area contributed by atoms with E-state index in [4.69, 9.17) is 11.5 Å². The molecule has 1 nitrogen and oxygen atoms in total. The fourth-order valence-electron chi connectivity index (χ4n) is 0.740. The molecular weight excluding hydrogens is 168 g/mol. The summed E-state index contributed by atoms with van der Waals surface area (Å²) in [4.78, 5) is 1.13. The van der Waals surface area contributed by atoms with Crippen molar-refractivity contribution in [2.24, 2.45) is 0 Å². The van der Waals surface area contributed by atoms with E-state index in [-0.39, 0.29) is 0 Å². The van der Waals surface area contributed by atoms with Crippen LogP contribution in [-0.4, -0.2) is 17.0 Å². The van der Waals surface area contributed by atoms with Crippen molar-refractivity contribution in [3.8, 4) is 12.3 Å². The van der Waals surface area contributed by atoms with Gasteiger partial charge in [0.05, 0.1) is 0 Å². The molecule has 1 atom stereocenters. The molecule has 0 fully saturated rings. The molecule has 0 aliphatic carbocycles. The Hall–Kier alpha value is -0.910. The first-order valence-electron chi connectivity index (χ1n) is 3.65. The lowest BCUT2D eigenvalue weighted by molar-refractivity contribution is 0.258. The number of benzene rings is 1. The number of terminal acetylenes is 1. The van der Waals surface area contributed by atoms with E-state index in [1.54, 1.807) is 11.8 Å². The lowest BCUT2D eigenvalue weighted by Gasteiger charge is -2.02. The van der Waals surface area contributed by atoms with Crippen LogP contribution in [0.2, 0.25) is 0 Å². The Morgan fingerprint density at radius 3 is 2.67 bits per heavy atom. The summed E-state index contributed by atoms with van der Waals surface area (Å²) in [5.41, 5.74) is 0. The lowest BCUT2D eigenvalue weighted by atomic mass is 10.4. The van der Waals surface area contributed by atoms with Gasteiger partial charge in [-0.05, 0) is 12.1 Å². The molecule has 0 aliphatic heterocycles. The van der Waals surface area contributed by atoms with Gasteiger partial charge in [0.2, 0.25) is 0 Å². The van der Waals surface area contributed by atoms with Gasteiger partial charge in [-0.25, -0.2) is 0 Å². The molecule has 2 heteroatoms. The molecule has 0 heterocycles. The summed E-state index contributed by atoms with van der Waals surface area (Å²) in [7, 11) is 0. The molecule has 0 saturated heterocycles. The van der Waals surface area contributed by atoms with Crippen LogP contribution in [0, 0.1) is 12.3 Å². The fourth-order valence-corrected chi connectivity index (χ4v) is 1.54. The predicted molar refractivity (Wildman–Crippen MR) is 52.0 cm³/mol. The highest BCUT2D eigenvalue weighted by molar-refractivity contribution is 7.99. The number of hydrogen-bond acceptors (Lipinski definition) is 2. The van der Waals surface area contributed by atoms with Crippen molar-refractivity contribution >= 4 is 11.8 Å². The first-order chi connectivity index (χ1) is 5.83. The molecule has 62 valence electrons. The van der Waals surface area contributed by atoms with Gasteiger partial charge < -0.3 is 5.11 Å². The van der Waals surface area contributed by atoms with Crippen LogP contribution in [0.1, 0.15) is 0 Å². The topological polar surface area (TPSA) is 20.2 Å². The van der Waals surface area contributed by atoms with E-state index in [1.165, 1.54) is 0 Å². The van der Waals surface area contributed by atoms with Crippen LogP contribution in [0.25, 0.3) is 0 Å². The van der Waals surface area contributed by atoms with Crippen molar-refractivity contribution in [2.45, 2.75) is 11.0 Å². The normalized spacial score (nSPS) is 12.0. The monoisotopic (exact) mass is 178 g/mol. The smallest absolute Gasteiger partial charge is 0.123 e. The van der Waals surface area contributed by atoms with Crippen molar-refractivity contribution in [1.82, 2.24) is 0 Å². The number of aliphatic hydroxyl groups is 1. The first kappa shape index (κ1) is 9.18. The van der Waals surface area contributed by atoms with E-state index < -0.39 is 6.10 Å². The zero-order valence-electron chi connectivity index (χ0n) is 6.60. The highest BCUT2D eigenvalue weighted by atomic mass is 32.2. The Labute approximate surface area is 76.8 Å². The number of thioether (sulfide) groups is 1. The highest BCUT2D eigenvalue weighted by Crippen LogP contribution is 2.17. The van der Waals surface area contributed by atoms with Crippen molar-refractivity contribution in [3.05, 3.63) is 30.3 Å². The van der Waals surface area contributed by atoms with E-state index in [0.29, 0.717) is 5.75 Å². The van der Waals surface area contributed by atoms with Gasteiger partial charge >= 0.3 is 0 Å². The maximum absolute atomic E-state index is 9.06. The largest absolute Gasteiger partial charge is 0.380 e. The minimum absolute atomic E-state index is 0.556. The molecule has 1 aromatic carbocycles. The third-order valence-electron chi connectivity index (χ3n) is 1.34. The number of hydrogen-bond donors (Lipinski definition) is 1. The van der Waals surface area contributed by atoms with E-state index in [2.05, 4.69) is 5.92 Å². The van der Waals surface area contributed by atoms with Crippen LogP contribution in [0.15, 0.2) is 35.2 Å². The maximum Gasteiger partial charge on any atom is 0.123 e. The van der Waals surface area contributed by atoms with Crippen LogP contribution in [0.4, 0.5) is 0 Å². The Bertz CT molecular complexity index is 263. The standard InChI is InChI=1S/C10H10OS/c1-2-9(11)8-12-10-6-4-3-5-7-10/h1,3-7,9,11H,8H2/t9-/m0/s1. The SMILES string of the molecule is C#C[C@H](O)CSc1ccccc1. The average Bonchev–Trinajstić information content (AvgIpc) is 2.16. The maximum atomic E-state index is 9.06. The molecular formula is C10H10OS. The molecule has 12 heavy (non-hydrogen) atoms. The minimum atomic E-state index is -0.643. The van der Waals surface area contributed by atoms with E-state index in [9.17, 15) is 0 Å². The summed E-state index contributed by atoms with van der Waals surface area (Å²) >= 11 is 1.56. The summed E-state index contributed by atoms with van der Waals surface area (Å²) < 4.78 is 0. The van der Waals surface area contributed by atoms with Gasteiger partial charge in [-0.2, -0.15) is 0 Å². The Morgan fingerprint density at radius 2 is 2.08 bits per heavy atom. The third kappa shape index (κ3) is 3.00. The summed E-state index contributed by atoms with van der Waals surface area (Å²) in [5.74, 6) is 2.83. The number of aliphatic hydroxyl groups excluding tert-OH is 1.